The first kappa shape index (κ1) is 13.6. The minimum atomic E-state index is -0.765. The molecule has 2 aromatic heterocycles. The zero-order valence-corrected chi connectivity index (χ0v) is 10.4. The van der Waals surface area contributed by atoms with Gasteiger partial charge in [-0.05, 0) is 12.1 Å². The number of nitrogens with one attached hydrogen (secondary N) is 2. The number of H-pyrrole nitrogens is 1. The fourth-order valence-corrected chi connectivity index (χ4v) is 1.46. The summed E-state index contributed by atoms with van der Waals surface area (Å²) in [6, 6.07) is 4.62. The molecule has 0 unspecified atom stereocenters. The van der Waals surface area contributed by atoms with Crippen LogP contribution in [-0.2, 0) is 0 Å². The monoisotopic (exact) mass is 295 g/mol. The number of amides is 1. The number of halogens is 1. The van der Waals surface area contributed by atoms with E-state index >= 15 is 0 Å². The van der Waals surface area contributed by atoms with E-state index in [1.165, 1.54) is 12.1 Å². The maximum atomic E-state index is 11.8. The third-order valence-corrected chi connectivity index (χ3v) is 2.39. The van der Waals surface area contributed by atoms with Crippen LogP contribution >= 0.6 is 11.6 Å². The average Bonchev–Trinajstić information content (AvgIpc) is 2.39. The molecule has 0 spiro atoms. The van der Waals surface area contributed by atoms with Crippen LogP contribution in [0.2, 0.25) is 5.15 Å². The fraction of sp³-hybridized carbons (Fsp3) is 0. The van der Waals surface area contributed by atoms with Gasteiger partial charge < -0.3 is 0 Å². The second-order valence-electron chi connectivity index (χ2n) is 3.52. The van der Waals surface area contributed by atoms with Crippen LogP contribution in [0.5, 0.6) is 0 Å². The summed E-state index contributed by atoms with van der Waals surface area (Å²) in [5.74, 6) is -1.07. The summed E-state index contributed by atoms with van der Waals surface area (Å²) in [6.45, 7) is 0. The Morgan fingerprint density at radius 3 is 2.70 bits per heavy atom. The Kier molecular flexibility index (Phi) is 3.71. The van der Waals surface area contributed by atoms with Crippen LogP contribution in [0.3, 0.4) is 0 Å². The van der Waals surface area contributed by atoms with Gasteiger partial charge in [0.2, 0.25) is 5.82 Å². The Bertz CT molecular complexity index is 724. The smallest absolute Gasteiger partial charge is 0.299 e. The number of carbonyl (C=O) groups excluding carboxylic acids is 1. The Morgan fingerprint density at radius 1 is 1.35 bits per heavy atom. The topological polar surface area (TPSA) is 131 Å². The first-order valence-electron chi connectivity index (χ1n) is 5.15. The highest BCUT2D eigenvalue weighted by Crippen LogP contribution is 2.24. The third kappa shape index (κ3) is 2.95. The summed E-state index contributed by atoms with van der Waals surface area (Å²) >= 11 is 5.62. The van der Waals surface area contributed by atoms with Crippen LogP contribution < -0.4 is 10.9 Å². The van der Waals surface area contributed by atoms with Gasteiger partial charge in [-0.25, -0.2) is 10.1 Å². The lowest BCUT2D eigenvalue weighted by Crippen LogP contribution is -2.18. The number of nitrogens with zero attached hydrogens (tertiary/aromatic N) is 3. The zero-order chi connectivity index (χ0) is 14.7. The van der Waals surface area contributed by atoms with Crippen LogP contribution in [-0.4, -0.2) is 26.0 Å². The highest BCUT2D eigenvalue weighted by atomic mass is 35.5. The van der Waals surface area contributed by atoms with Crippen LogP contribution in [0.1, 0.15) is 10.5 Å². The minimum absolute atomic E-state index is 0.0136. The van der Waals surface area contributed by atoms with Crippen molar-refractivity contribution in [3.63, 3.8) is 0 Å². The Morgan fingerprint density at radius 2 is 2.10 bits per heavy atom. The number of hydrogen-bond acceptors (Lipinski definition) is 6. The predicted octanol–water partition coefficient (Wildman–Crippen LogP) is 0.979. The van der Waals surface area contributed by atoms with E-state index in [0.29, 0.717) is 0 Å². The van der Waals surface area contributed by atoms with E-state index < -0.39 is 22.1 Å². The molecule has 2 heterocycles. The second-order valence-corrected chi connectivity index (χ2v) is 3.91. The molecule has 0 aliphatic heterocycles. The molecule has 0 bridgehead atoms. The number of pyridine rings is 1. The fourth-order valence-electron chi connectivity index (χ4n) is 1.31. The van der Waals surface area contributed by atoms with Crippen LogP contribution in [0.15, 0.2) is 29.1 Å². The molecule has 9 nitrogen and oxygen atoms in total. The number of hydrogen-bond donors (Lipinski definition) is 2. The van der Waals surface area contributed by atoms with Gasteiger partial charge in [0.05, 0.1) is 4.92 Å². The molecule has 0 saturated heterocycles. The summed E-state index contributed by atoms with van der Waals surface area (Å²) in [6.07, 6.45) is 0. The quantitative estimate of drug-likeness (QED) is 0.493. The van der Waals surface area contributed by atoms with E-state index in [9.17, 15) is 19.7 Å². The lowest BCUT2D eigenvalue weighted by atomic mass is 10.3. The lowest BCUT2D eigenvalue weighted by Gasteiger charge is -2.04. The van der Waals surface area contributed by atoms with Gasteiger partial charge in [0.1, 0.15) is 10.8 Å². The molecule has 0 atom stereocenters. The molecule has 0 saturated carbocycles. The summed E-state index contributed by atoms with van der Waals surface area (Å²) in [7, 11) is 0. The van der Waals surface area contributed by atoms with Crippen molar-refractivity contribution in [3.05, 3.63) is 55.6 Å². The number of nitro groups is 1. The molecule has 2 aromatic rings. The highest BCUT2D eigenvalue weighted by Gasteiger charge is 2.19. The molecular formula is C10H6ClN5O4. The van der Waals surface area contributed by atoms with Crippen molar-refractivity contribution in [2.75, 3.05) is 5.32 Å². The average molecular weight is 296 g/mol. The first-order valence-corrected chi connectivity index (χ1v) is 5.53. The summed E-state index contributed by atoms with van der Waals surface area (Å²) in [5, 5.41) is 18.6. The van der Waals surface area contributed by atoms with Gasteiger partial charge in [-0.1, -0.05) is 11.6 Å². The number of carbonyl (C=O) groups is 1. The summed E-state index contributed by atoms with van der Waals surface area (Å²) in [4.78, 5) is 36.4. The number of anilines is 1. The predicted molar refractivity (Wildman–Crippen MR) is 68.7 cm³/mol. The largest absolute Gasteiger partial charge is 0.311 e. The van der Waals surface area contributed by atoms with Crippen molar-refractivity contribution in [1.82, 2.24) is 15.2 Å². The van der Waals surface area contributed by atoms with Crippen molar-refractivity contribution in [1.29, 1.82) is 0 Å². The van der Waals surface area contributed by atoms with Gasteiger partial charge in [0.25, 0.3) is 11.5 Å². The molecule has 20 heavy (non-hydrogen) atoms. The van der Waals surface area contributed by atoms with E-state index in [1.807, 2.05) is 0 Å². The number of aromatic nitrogens is 3. The normalized spacial score (nSPS) is 10.1. The van der Waals surface area contributed by atoms with Gasteiger partial charge in [-0.2, -0.15) is 5.10 Å². The lowest BCUT2D eigenvalue weighted by molar-refractivity contribution is -0.384. The SMILES string of the molecule is O=C(Nc1nc(Cl)ccc1[N+](=O)[O-])c1ccc(=O)[nH]n1. The molecule has 0 aromatic carbocycles. The van der Waals surface area contributed by atoms with Gasteiger partial charge in [0.15, 0.2) is 0 Å². The van der Waals surface area contributed by atoms with Crippen molar-refractivity contribution in [3.8, 4) is 0 Å². The van der Waals surface area contributed by atoms with Gasteiger partial charge in [-0.15, -0.1) is 0 Å². The minimum Gasteiger partial charge on any atom is -0.299 e. The summed E-state index contributed by atoms with van der Waals surface area (Å²) < 4.78 is 0. The summed E-state index contributed by atoms with van der Waals surface area (Å²) in [5.41, 5.74) is -1.01. The van der Waals surface area contributed by atoms with Gasteiger partial charge in [-0.3, -0.25) is 25.0 Å². The molecule has 0 aliphatic carbocycles. The molecule has 10 heteroatoms. The van der Waals surface area contributed by atoms with Gasteiger partial charge >= 0.3 is 5.69 Å². The molecule has 0 radical (unpaired) electrons. The molecule has 102 valence electrons. The Hall–Kier alpha value is -2.81. The molecular weight excluding hydrogens is 290 g/mol. The highest BCUT2D eigenvalue weighted by molar-refractivity contribution is 6.29. The van der Waals surface area contributed by atoms with E-state index in [4.69, 9.17) is 11.6 Å². The van der Waals surface area contributed by atoms with E-state index in [2.05, 4.69) is 20.5 Å². The van der Waals surface area contributed by atoms with Crippen molar-refractivity contribution in [2.24, 2.45) is 0 Å². The Labute approximate surface area is 115 Å². The maximum absolute atomic E-state index is 11.8. The first-order chi connectivity index (χ1) is 9.47. The standard InChI is InChI=1S/C10H6ClN5O4/c11-7-3-2-6(16(19)20)9(12-7)13-10(18)5-1-4-8(17)15-14-5/h1-4H,(H,15,17)(H,12,13,18). The zero-order valence-electron chi connectivity index (χ0n) is 9.66. The molecule has 2 rings (SSSR count). The molecule has 0 fully saturated rings. The molecule has 0 aliphatic rings. The van der Waals surface area contributed by atoms with E-state index in [-0.39, 0.29) is 16.7 Å². The number of aromatic amines is 1. The van der Waals surface area contributed by atoms with Crippen molar-refractivity contribution >= 4 is 29.0 Å². The third-order valence-electron chi connectivity index (χ3n) is 2.18. The van der Waals surface area contributed by atoms with Crippen molar-refractivity contribution in [2.45, 2.75) is 0 Å². The molecule has 1 amide bonds. The van der Waals surface area contributed by atoms with E-state index in [1.54, 1.807) is 0 Å². The molecule has 2 N–H and O–H groups in total. The van der Waals surface area contributed by atoms with Crippen LogP contribution in [0, 0.1) is 10.1 Å². The Balaban J connectivity index is 2.32. The number of rotatable bonds is 3. The van der Waals surface area contributed by atoms with E-state index in [0.717, 1.165) is 12.1 Å². The second kappa shape index (κ2) is 5.45. The maximum Gasteiger partial charge on any atom is 0.311 e. The van der Waals surface area contributed by atoms with Gasteiger partial charge in [0, 0.05) is 12.1 Å². The van der Waals surface area contributed by atoms with Crippen LogP contribution in [0.4, 0.5) is 11.5 Å². The van der Waals surface area contributed by atoms with Crippen molar-refractivity contribution < 1.29 is 9.72 Å². The van der Waals surface area contributed by atoms with Crippen LogP contribution in [0.25, 0.3) is 0 Å².